The second-order valence-corrected chi connectivity index (χ2v) is 6.06. The molecule has 8 nitrogen and oxygen atoms in total. The third-order valence-electron chi connectivity index (χ3n) is 3.40. The van der Waals surface area contributed by atoms with E-state index in [4.69, 9.17) is 0 Å². The summed E-state index contributed by atoms with van der Waals surface area (Å²) >= 11 is 0.961. The van der Waals surface area contributed by atoms with Gasteiger partial charge in [-0.25, -0.2) is 4.79 Å². The lowest BCUT2D eigenvalue weighted by molar-refractivity contribution is -0.384. The average Bonchev–Trinajstić information content (AvgIpc) is 2.94. The van der Waals surface area contributed by atoms with Crippen molar-refractivity contribution < 1.29 is 19.2 Å². The van der Waals surface area contributed by atoms with Gasteiger partial charge in [0.05, 0.1) is 17.6 Å². The minimum Gasteiger partial charge on any atom is -0.465 e. The van der Waals surface area contributed by atoms with E-state index in [0.717, 1.165) is 11.3 Å². The number of nitro groups is 1. The van der Waals surface area contributed by atoms with Crippen LogP contribution in [0.2, 0.25) is 0 Å². The smallest absolute Gasteiger partial charge is 0.348 e. The molecule has 1 aromatic heterocycles. The van der Waals surface area contributed by atoms with Crippen LogP contribution in [0.15, 0.2) is 30.3 Å². The molecule has 9 heteroatoms. The van der Waals surface area contributed by atoms with Gasteiger partial charge in [-0.3, -0.25) is 14.9 Å². The third kappa shape index (κ3) is 4.12. The number of carbonyl (C=O) groups is 2. The van der Waals surface area contributed by atoms with Crippen LogP contribution in [-0.2, 0) is 9.53 Å². The van der Waals surface area contributed by atoms with Gasteiger partial charge >= 0.3 is 5.97 Å². The minimum absolute atomic E-state index is 0.0466. The molecule has 0 radical (unpaired) electrons. The zero-order valence-corrected chi connectivity index (χ0v) is 14.6. The Morgan fingerprint density at radius 1 is 1.35 bits per heavy atom. The molecule has 0 saturated carbocycles. The van der Waals surface area contributed by atoms with Crippen molar-refractivity contribution in [3.05, 3.63) is 62.0 Å². The first kappa shape index (κ1) is 18.8. The van der Waals surface area contributed by atoms with Crippen LogP contribution in [0, 0.1) is 28.4 Å². The summed E-state index contributed by atoms with van der Waals surface area (Å²) in [4.78, 5) is 34.1. The SMILES string of the molecule is COC(=O)c1sc(NC(=O)/C=C\c2ccc([N+](=O)[O-])cc2)c(C#N)c1C. The molecular weight excluding hydrogens is 358 g/mol. The van der Waals surface area contributed by atoms with Gasteiger partial charge in [0.2, 0.25) is 5.91 Å². The quantitative estimate of drug-likeness (QED) is 0.372. The van der Waals surface area contributed by atoms with E-state index in [2.05, 4.69) is 10.1 Å². The maximum Gasteiger partial charge on any atom is 0.348 e. The molecule has 0 aliphatic heterocycles. The van der Waals surface area contributed by atoms with Crippen molar-refractivity contribution >= 4 is 40.0 Å². The standard InChI is InChI=1S/C17H13N3O5S/c1-10-13(9-18)16(26-15(10)17(22)25-2)19-14(21)8-5-11-3-6-12(7-4-11)20(23)24/h3-8H,1-2H3,(H,19,21)/b8-5-. The fourth-order valence-corrected chi connectivity index (χ4v) is 3.13. The summed E-state index contributed by atoms with van der Waals surface area (Å²) in [5.74, 6) is -1.08. The number of ether oxygens (including phenoxy) is 1. The van der Waals surface area contributed by atoms with Crippen LogP contribution in [0.1, 0.15) is 26.4 Å². The van der Waals surface area contributed by atoms with Crippen LogP contribution in [-0.4, -0.2) is 23.9 Å². The predicted octanol–water partition coefficient (Wildman–Crippen LogP) is 3.27. The van der Waals surface area contributed by atoms with Crippen molar-refractivity contribution in [2.24, 2.45) is 0 Å². The number of nitrogens with zero attached hydrogens (tertiary/aromatic N) is 2. The number of non-ortho nitro benzene ring substituents is 1. The largest absolute Gasteiger partial charge is 0.465 e. The van der Waals surface area contributed by atoms with Gasteiger partial charge in [-0.15, -0.1) is 11.3 Å². The Kier molecular flexibility index (Phi) is 5.82. The fraction of sp³-hybridized carbons (Fsp3) is 0.118. The topological polar surface area (TPSA) is 122 Å². The Labute approximate surface area is 152 Å². The number of carbonyl (C=O) groups excluding carboxylic acids is 2. The summed E-state index contributed by atoms with van der Waals surface area (Å²) < 4.78 is 4.65. The first-order chi connectivity index (χ1) is 12.4. The number of amides is 1. The van der Waals surface area contributed by atoms with Gasteiger partial charge in [-0.05, 0) is 36.3 Å². The van der Waals surface area contributed by atoms with Gasteiger partial charge in [0, 0.05) is 18.2 Å². The van der Waals surface area contributed by atoms with Crippen molar-refractivity contribution in [1.29, 1.82) is 5.26 Å². The van der Waals surface area contributed by atoms with Crippen molar-refractivity contribution in [3.8, 4) is 6.07 Å². The van der Waals surface area contributed by atoms with Crippen molar-refractivity contribution in [1.82, 2.24) is 0 Å². The van der Waals surface area contributed by atoms with E-state index in [-0.39, 0.29) is 21.1 Å². The minimum atomic E-state index is -0.578. The van der Waals surface area contributed by atoms with Crippen LogP contribution < -0.4 is 5.32 Å². The Bertz CT molecular complexity index is 939. The number of methoxy groups -OCH3 is 1. The molecule has 0 aliphatic carbocycles. The summed E-state index contributed by atoms with van der Waals surface area (Å²) in [7, 11) is 1.23. The highest BCUT2D eigenvalue weighted by molar-refractivity contribution is 7.18. The second-order valence-electron chi connectivity index (χ2n) is 5.03. The lowest BCUT2D eigenvalue weighted by Crippen LogP contribution is -2.07. The molecule has 0 atom stereocenters. The van der Waals surface area contributed by atoms with Crippen molar-refractivity contribution in [3.63, 3.8) is 0 Å². The predicted molar refractivity (Wildman–Crippen MR) is 95.9 cm³/mol. The van der Waals surface area contributed by atoms with E-state index >= 15 is 0 Å². The number of hydrogen-bond donors (Lipinski definition) is 1. The maximum absolute atomic E-state index is 12.1. The van der Waals surface area contributed by atoms with Crippen LogP contribution >= 0.6 is 11.3 Å². The zero-order valence-electron chi connectivity index (χ0n) is 13.8. The molecule has 132 valence electrons. The first-order valence-electron chi connectivity index (χ1n) is 7.22. The van der Waals surface area contributed by atoms with Gasteiger partial charge in [0.25, 0.3) is 5.69 Å². The number of esters is 1. The molecule has 0 aliphatic rings. The second kappa shape index (κ2) is 8.04. The van der Waals surface area contributed by atoms with Crippen LogP contribution in [0.5, 0.6) is 0 Å². The Hall–Kier alpha value is -3.51. The van der Waals surface area contributed by atoms with Gasteiger partial charge < -0.3 is 10.1 Å². The normalized spacial score (nSPS) is 10.3. The molecule has 0 fully saturated rings. The summed E-state index contributed by atoms with van der Waals surface area (Å²) in [6.45, 7) is 1.60. The van der Waals surface area contributed by atoms with E-state index in [1.54, 1.807) is 6.92 Å². The summed E-state index contributed by atoms with van der Waals surface area (Å²) in [5, 5.41) is 22.7. The molecule has 2 rings (SSSR count). The maximum atomic E-state index is 12.1. The summed E-state index contributed by atoms with van der Waals surface area (Å²) in [6.07, 6.45) is 2.71. The molecular formula is C17H13N3O5S. The van der Waals surface area contributed by atoms with Gasteiger partial charge in [0.1, 0.15) is 15.9 Å². The van der Waals surface area contributed by atoms with Crippen molar-refractivity contribution in [2.75, 3.05) is 12.4 Å². The number of rotatable bonds is 5. The van der Waals surface area contributed by atoms with E-state index < -0.39 is 16.8 Å². The van der Waals surface area contributed by atoms with E-state index in [1.165, 1.54) is 43.5 Å². The third-order valence-corrected chi connectivity index (χ3v) is 4.58. The number of anilines is 1. The lowest BCUT2D eigenvalue weighted by atomic mass is 10.1. The molecule has 26 heavy (non-hydrogen) atoms. The molecule has 0 unspecified atom stereocenters. The molecule has 0 spiro atoms. The first-order valence-corrected chi connectivity index (χ1v) is 8.04. The fourth-order valence-electron chi connectivity index (χ4n) is 2.06. The van der Waals surface area contributed by atoms with Gasteiger partial charge in [-0.1, -0.05) is 0 Å². The Morgan fingerprint density at radius 3 is 2.54 bits per heavy atom. The average molecular weight is 371 g/mol. The van der Waals surface area contributed by atoms with E-state index in [0.29, 0.717) is 11.1 Å². The number of thiophene rings is 1. The highest BCUT2D eigenvalue weighted by Gasteiger charge is 2.21. The number of nitriles is 1. The number of nitrogens with one attached hydrogen (secondary N) is 1. The molecule has 0 bridgehead atoms. The highest BCUT2D eigenvalue weighted by Crippen LogP contribution is 2.32. The van der Waals surface area contributed by atoms with Gasteiger partial charge in [0.15, 0.2) is 0 Å². The molecule has 1 amide bonds. The van der Waals surface area contributed by atoms with E-state index in [9.17, 15) is 25.0 Å². The van der Waals surface area contributed by atoms with Crippen molar-refractivity contribution in [2.45, 2.75) is 6.92 Å². The lowest BCUT2D eigenvalue weighted by Gasteiger charge is -1.99. The zero-order chi connectivity index (χ0) is 19.3. The highest BCUT2D eigenvalue weighted by atomic mass is 32.1. The van der Waals surface area contributed by atoms with Crippen LogP contribution in [0.3, 0.4) is 0 Å². The summed E-state index contributed by atoms with van der Waals surface area (Å²) in [5.41, 5.74) is 1.20. The van der Waals surface area contributed by atoms with Crippen LogP contribution in [0.4, 0.5) is 10.7 Å². The molecule has 2 aromatic rings. The summed E-state index contributed by atoms with van der Waals surface area (Å²) in [6, 6.07) is 7.63. The monoisotopic (exact) mass is 371 g/mol. The molecule has 1 aromatic carbocycles. The number of benzene rings is 1. The number of hydrogen-bond acceptors (Lipinski definition) is 7. The Balaban J connectivity index is 2.16. The molecule has 1 heterocycles. The molecule has 1 N–H and O–H groups in total. The van der Waals surface area contributed by atoms with Gasteiger partial charge in [-0.2, -0.15) is 5.26 Å². The Morgan fingerprint density at radius 2 is 2.00 bits per heavy atom. The van der Waals surface area contributed by atoms with Crippen LogP contribution in [0.25, 0.3) is 6.08 Å². The van der Waals surface area contributed by atoms with E-state index in [1.807, 2.05) is 6.07 Å². The number of nitro benzene ring substituents is 1. The molecule has 0 saturated heterocycles.